The summed E-state index contributed by atoms with van der Waals surface area (Å²) in [7, 11) is 1.17. The van der Waals surface area contributed by atoms with Gasteiger partial charge in [0.25, 0.3) is 5.91 Å². The number of benzene rings is 1. The number of carbonyl (C=O) groups is 4. The Hall–Kier alpha value is -2.70. The average molecular weight is 304 g/mol. The first-order valence-corrected chi connectivity index (χ1v) is 6.75. The van der Waals surface area contributed by atoms with E-state index in [4.69, 9.17) is 0 Å². The van der Waals surface area contributed by atoms with Crippen molar-refractivity contribution in [1.29, 1.82) is 0 Å². The third-order valence-corrected chi connectivity index (χ3v) is 3.49. The van der Waals surface area contributed by atoms with Crippen LogP contribution in [0.1, 0.15) is 12.0 Å². The fourth-order valence-electron chi connectivity index (χ4n) is 2.34. The summed E-state index contributed by atoms with van der Waals surface area (Å²) in [5, 5.41) is 2.56. The zero-order valence-corrected chi connectivity index (χ0v) is 12.0. The minimum atomic E-state index is -1.16. The molecule has 2 rings (SSSR count). The van der Waals surface area contributed by atoms with Crippen molar-refractivity contribution in [2.75, 3.05) is 7.11 Å². The lowest BCUT2D eigenvalue weighted by Gasteiger charge is -2.34. The summed E-state index contributed by atoms with van der Waals surface area (Å²) in [5.41, 5.74) is 0.860. The van der Waals surface area contributed by atoms with Crippen molar-refractivity contribution in [3.8, 4) is 0 Å². The van der Waals surface area contributed by atoms with Gasteiger partial charge < -0.3 is 10.1 Å². The minimum absolute atomic E-state index is 0.278. The summed E-state index contributed by atoms with van der Waals surface area (Å²) in [6.45, 7) is 0. The maximum atomic E-state index is 12.3. The van der Waals surface area contributed by atoms with Gasteiger partial charge in [-0.15, -0.1) is 0 Å². The van der Waals surface area contributed by atoms with Crippen LogP contribution in [0.3, 0.4) is 0 Å². The number of nitrogens with one attached hydrogen (secondary N) is 1. The molecule has 1 fully saturated rings. The third-order valence-electron chi connectivity index (χ3n) is 3.49. The zero-order valence-electron chi connectivity index (χ0n) is 12.0. The van der Waals surface area contributed by atoms with Crippen molar-refractivity contribution in [3.05, 3.63) is 35.9 Å². The molecule has 1 saturated heterocycles. The van der Waals surface area contributed by atoms with Crippen molar-refractivity contribution in [3.63, 3.8) is 0 Å². The zero-order chi connectivity index (χ0) is 16.1. The average Bonchev–Trinajstić information content (AvgIpc) is 2.53. The summed E-state index contributed by atoms with van der Waals surface area (Å²) in [6.07, 6.45) is 0.207. The number of carbonyl (C=O) groups excluding carboxylic acids is 4. The molecular formula is C15H16N2O5. The van der Waals surface area contributed by atoms with Gasteiger partial charge in [-0.25, -0.2) is 0 Å². The molecule has 0 aromatic heterocycles. The number of hydrogen-bond acceptors (Lipinski definition) is 5. The Morgan fingerprint density at radius 1 is 1.32 bits per heavy atom. The second-order valence-corrected chi connectivity index (χ2v) is 4.90. The molecule has 1 heterocycles. The Morgan fingerprint density at radius 3 is 2.59 bits per heavy atom. The van der Waals surface area contributed by atoms with Gasteiger partial charge in [-0.05, 0) is 5.56 Å². The Kier molecular flexibility index (Phi) is 4.88. The molecule has 3 amide bonds. The fourth-order valence-corrected chi connectivity index (χ4v) is 2.34. The molecule has 0 aliphatic carbocycles. The van der Waals surface area contributed by atoms with Gasteiger partial charge in [-0.3, -0.25) is 24.1 Å². The highest BCUT2D eigenvalue weighted by Crippen LogP contribution is 2.15. The molecule has 1 aliphatic heterocycles. The van der Waals surface area contributed by atoms with E-state index >= 15 is 0 Å². The van der Waals surface area contributed by atoms with Crippen LogP contribution in [0.2, 0.25) is 0 Å². The fraction of sp³-hybridized carbons (Fsp3) is 0.333. The molecule has 2 atom stereocenters. The van der Waals surface area contributed by atoms with Crippen LogP contribution in [-0.2, 0) is 30.3 Å². The van der Waals surface area contributed by atoms with Gasteiger partial charge in [-0.1, -0.05) is 30.3 Å². The van der Waals surface area contributed by atoms with E-state index in [2.05, 4.69) is 10.1 Å². The number of esters is 1. The molecule has 1 aliphatic rings. The molecule has 116 valence electrons. The number of amides is 3. The second kappa shape index (κ2) is 6.84. The van der Waals surface area contributed by atoms with Crippen molar-refractivity contribution in [1.82, 2.24) is 10.2 Å². The van der Waals surface area contributed by atoms with Crippen molar-refractivity contribution >= 4 is 24.2 Å². The molecule has 1 N–H and O–H groups in total. The second-order valence-electron chi connectivity index (χ2n) is 4.90. The predicted molar refractivity (Wildman–Crippen MR) is 75.4 cm³/mol. The molecule has 1 aromatic carbocycles. The number of rotatable bonds is 5. The first kappa shape index (κ1) is 15.7. The van der Waals surface area contributed by atoms with E-state index in [0.717, 1.165) is 10.5 Å². The number of imide groups is 1. The molecule has 22 heavy (non-hydrogen) atoms. The van der Waals surface area contributed by atoms with Crippen LogP contribution in [0.15, 0.2) is 30.3 Å². The highest BCUT2D eigenvalue weighted by atomic mass is 16.5. The normalized spacial score (nSPS) is 21.2. The molecule has 0 spiro atoms. The molecular weight excluding hydrogens is 288 g/mol. The predicted octanol–water partition coefficient (Wildman–Crippen LogP) is -0.356. The lowest BCUT2D eigenvalue weighted by molar-refractivity contribution is -0.156. The Morgan fingerprint density at radius 2 is 2.00 bits per heavy atom. The molecule has 0 saturated carbocycles. The van der Waals surface area contributed by atoms with Crippen LogP contribution in [0.4, 0.5) is 0 Å². The van der Waals surface area contributed by atoms with E-state index in [1.165, 1.54) is 7.11 Å². The summed E-state index contributed by atoms with van der Waals surface area (Å²) in [5.74, 6) is -1.74. The number of methoxy groups -OCH3 is 1. The Bertz CT molecular complexity index is 587. The highest BCUT2D eigenvalue weighted by molar-refractivity contribution is 6.03. The topological polar surface area (TPSA) is 92.8 Å². The van der Waals surface area contributed by atoms with Gasteiger partial charge in [-0.2, -0.15) is 0 Å². The summed E-state index contributed by atoms with van der Waals surface area (Å²) < 4.78 is 4.48. The minimum Gasteiger partial charge on any atom is -0.469 e. The maximum absolute atomic E-state index is 12.3. The van der Waals surface area contributed by atoms with Gasteiger partial charge in [0.05, 0.1) is 13.5 Å². The van der Waals surface area contributed by atoms with E-state index < -0.39 is 29.9 Å². The first-order valence-electron chi connectivity index (χ1n) is 6.75. The monoisotopic (exact) mass is 304 g/mol. The molecule has 7 nitrogen and oxygen atoms in total. The van der Waals surface area contributed by atoms with Gasteiger partial charge in [0, 0.05) is 6.42 Å². The number of ether oxygens (including phenoxy) is 1. The maximum Gasteiger partial charge on any atom is 0.308 e. The van der Waals surface area contributed by atoms with Crippen molar-refractivity contribution in [2.24, 2.45) is 0 Å². The highest BCUT2D eigenvalue weighted by Gasteiger charge is 2.41. The van der Waals surface area contributed by atoms with Gasteiger partial charge >= 0.3 is 5.97 Å². The summed E-state index contributed by atoms with van der Waals surface area (Å²) >= 11 is 0. The standard InChI is InChI=1S/C15H16N2O5/c1-22-13(19)8-12-14(20)16-11(15(21)17(12)9-18)7-10-5-3-2-4-6-10/h2-6,9,11-12H,7-8H2,1H3,(H,16,20). The Balaban J connectivity index is 2.15. The van der Waals surface area contributed by atoms with Crippen molar-refractivity contribution in [2.45, 2.75) is 24.9 Å². The molecule has 2 unspecified atom stereocenters. The van der Waals surface area contributed by atoms with Gasteiger partial charge in [0.1, 0.15) is 12.1 Å². The van der Waals surface area contributed by atoms with Gasteiger partial charge in [0.15, 0.2) is 0 Å². The molecule has 0 radical (unpaired) electrons. The van der Waals surface area contributed by atoms with E-state index in [0.29, 0.717) is 0 Å². The first-order chi connectivity index (χ1) is 10.6. The summed E-state index contributed by atoms with van der Waals surface area (Å²) in [4.78, 5) is 47.6. The van der Waals surface area contributed by atoms with E-state index in [1.54, 1.807) is 0 Å². The van der Waals surface area contributed by atoms with Crippen LogP contribution in [0.25, 0.3) is 0 Å². The van der Waals surface area contributed by atoms with Crippen LogP contribution in [-0.4, -0.2) is 48.3 Å². The lowest BCUT2D eigenvalue weighted by Crippen LogP contribution is -2.63. The van der Waals surface area contributed by atoms with Crippen molar-refractivity contribution < 1.29 is 23.9 Å². The van der Waals surface area contributed by atoms with Crippen LogP contribution >= 0.6 is 0 Å². The third kappa shape index (κ3) is 3.30. The summed E-state index contributed by atoms with van der Waals surface area (Å²) in [6, 6.07) is 7.15. The SMILES string of the molecule is COC(=O)CC1C(=O)NC(Cc2ccccc2)C(=O)N1C=O. The number of hydrogen-bond donors (Lipinski definition) is 1. The number of nitrogens with zero attached hydrogens (tertiary/aromatic N) is 1. The smallest absolute Gasteiger partial charge is 0.308 e. The lowest BCUT2D eigenvalue weighted by atomic mass is 9.99. The Labute approximate surface area is 127 Å². The van der Waals surface area contributed by atoms with E-state index in [1.807, 2.05) is 30.3 Å². The quantitative estimate of drug-likeness (QED) is 0.592. The van der Waals surface area contributed by atoms with Crippen LogP contribution in [0.5, 0.6) is 0 Å². The van der Waals surface area contributed by atoms with Crippen LogP contribution < -0.4 is 5.32 Å². The van der Waals surface area contributed by atoms with Crippen LogP contribution in [0, 0.1) is 0 Å². The molecule has 7 heteroatoms. The number of piperazine rings is 1. The van der Waals surface area contributed by atoms with E-state index in [9.17, 15) is 19.2 Å². The molecule has 1 aromatic rings. The molecule has 0 bridgehead atoms. The van der Waals surface area contributed by atoms with E-state index in [-0.39, 0.29) is 19.3 Å². The van der Waals surface area contributed by atoms with Gasteiger partial charge in [0.2, 0.25) is 12.3 Å². The largest absolute Gasteiger partial charge is 0.469 e.